The minimum absolute atomic E-state index is 0.145. The number of para-hydroxylation sites is 1. The van der Waals surface area contributed by atoms with Crippen LogP contribution in [0.3, 0.4) is 0 Å². The molecule has 0 atom stereocenters. The molecule has 0 saturated heterocycles. The zero-order chi connectivity index (χ0) is 14.7. The zero-order valence-electron chi connectivity index (χ0n) is 10.8. The molecule has 1 aromatic carbocycles. The van der Waals surface area contributed by atoms with Crippen molar-refractivity contribution in [2.75, 3.05) is 17.7 Å². The lowest BCUT2D eigenvalue weighted by atomic mass is 10.1. The Bertz CT molecular complexity index is 665. The summed E-state index contributed by atoms with van der Waals surface area (Å²) in [5.41, 5.74) is 0.740. The number of anilines is 2. The number of benzene rings is 1. The molecule has 2 rings (SSSR count). The van der Waals surface area contributed by atoms with Crippen LogP contribution < -0.4 is 10.6 Å². The summed E-state index contributed by atoms with van der Waals surface area (Å²) in [5, 5.41) is 19.7. The maximum Gasteiger partial charge on any atom is 0.293 e. The van der Waals surface area contributed by atoms with Gasteiger partial charge < -0.3 is 9.84 Å². The smallest absolute Gasteiger partial charge is 0.293 e. The van der Waals surface area contributed by atoms with Gasteiger partial charge in [0, 0.05) is 19.2 Å². The van der Waals surface area contributed by atoms with Crippen LogP contribution in [0, 0.1) is 17.0 Å². The van der Waals surface area contributed by atoms with Crippen LogP contribution in [0.1, 0.15) is 16.1 Å². The highest BCUT2D eigenvalue weighted by atomic mass is 16.6. The van der Waals surface area contributed by atoms with E-state index in [0.717, 1.165) is 0 Å². The number of carbonyl (C=O) groups excluding carboxylic acids is 1. The summed E-state index contributed by atoms with van der Waals surface area (Å²) in [7, 11) is 1.51. The van der Waals surface area contributed by atoms with Crippen LogP contribution in [0.5, 0.6) is 0 Å². The Morgan fingerprint density at radius 3 is 2.75 bits per heavy atom. The van der Waals surface area contributed by atoms with Gasteiger partial charge in [-0.15, -0.1) is 0 Å². The summed E-state index contributed by atoms with van der Waals surface area (Å²) in [4.78, 5) is 22.5. The van der Waals surface area contributed by atoms with Gasteiger partial charge in [-0.25, -0.2) is 0 Å². The average Bonchev–Trinajstić information content (AvgIpc) is 2.82. The molecular weight excluding hydrogens is 264 g/mol. The van der Waals surface area contributed by atoms with Crippen molar-refractivity contribution in [2.45, 2.75) is 6.92 Å². The minimum Gasteiger partial charge on any atom is -0.382 e. The van der Waals surface area contributed by atoms with E-state index in [-0.39, 0.29) is 22.8 Å². The number of carbonyl (C=O) groups is 1. The molecule has 0 aliphatic rings. The molecule has 0 bridgehead atoms. The quantitative estimate of drug-likeness (QED) is 0.654. The van der Waals surface area contributed by atoms with E-state index in [1.165, 1.54) is 25.2 Å². The first-order valence-corrected chi connectivity index (χ1v) is 5.72. The second-order valence-electron chi connectivity index (χ2n) is 3.99. The summed E-state index contributed by atoms with van der Waals surface area (Å²) in [6.07, 6.45) is 0. The Hall–Kier alpha value is -2.90. The number of hydrogen-bond donors (Lipinski definition) is 2. The second kappa shape index (κ2) is 5.39. The van der Waals surface area contributed by atoms with E-state index >= 15 is 0 Å². The molecule has 20 heavy (non-hydrogen) atoms. The number of rotatable bonds is 4. The molecule has 1 heterocycles. The van der Waals surface area contributed by atoms with Gasteiger partial charge >= 0.3 is 0 Å². The Labute approximate surface area is 113 Å². The van der Waals surface area contributed by atoms with Crippen LogP contribution in [0.2, 0.25) is 0 Å². The molecule has 8 nitrogen and oxygen atoms in total. The predicted octanol–water partition coefficient (Wildman–Crippen LogP) is 2.19. The number of aromatic nitrogens is 1. The molecule has 0 saturated carbocycles. The highest BCUT2D eigenvalue weighted by Crippen LogP contribution is 2.28. The zero-order valence-corrected chi connectivity index (χ0v) is 10.8. The van der Waals surface area contributed by atoms with Crippen molar-refractivity contribution in [1.82, 2.24) is 5.16 Å². The normalized spacial score (nSPS) is 10.1. The minimum atomic E-state index is -0.554. The molecule has 0 aliphatic heterocycles. The van der Waals surface area contributed by atoms with Gasteiger partial charge in [0.25, 0.3) is 11.6 Å². The van der Waals surface area contributed by atoms with Crippen molar-refractivity contribution in [1.29, 1.82) is 0 Å². The lowest BCUT2D eigenvalue weighted by Gasteiger charge is -2.08. The summed E-state index contributed by atoms with van der Waals surface area (Å²) in [6.45, 7) is 1.71. The molecule has 0 aliphatic carbocycles. The predicted molar refractivity (Wildman–Crippen MR) is 71.8 cm³/mol. The monoisotopic (exact) mass is 276 g/mol. The molecule has 2 aromatic rings. The van der Waals surface area contributed by atoms with Gasteiger partial charge in [0.1, 0.15) is 5.69 Å². The average molecular weight is 276 g/mol. The van der Waals surface area contributed by atoms with Crippen molar-refractivity contribution < 1.29 is 14.2 Å². The van der Waals surface area contributed by atoms with Gasteiger partial charge in [0.05, 0.1) is 16.2 Å². The van der Waals surface area contributed by atoms with Gasteiger partial charge in [-0.1, -0.05) is 11.2 Å². The molecule has 0 unspecified atom stereocenters. The van der Waals surface area contributed by atoms with Crippen LogP contribution in [0.25, 0.3) is 0 Å². The number of aryl methyl sites for hydroxylation is 1. The molecule has 8 heteroatoms. The summed E-state index contributed by atoms with van der Waals surface area (Å²) in [5.74, 6) is -0.338. The van der Waals surface area contributed by atoms with Gasteiger partial charge in [0.15, 0.2) is 0 Å². The fraction of sp³-hybridized carbons (Fsp3) is 0.167. The summed E-state index contributed by atoms with van der Waals surface area (Å²) < 4.78 is 4.87. The third kappa shape index (κ3) is 2.58. The van der Waals surface area contributed by atoms with Crippen molar-refractivity contribution in [3.63, 3.8) is 0 Å². The van der Waals surface area contributed by atoms with Crippen LogP contribution in [0.4, 0.5) is 17.3 Å². The van der Waals surface area contributed by atoms with Crippen molar-refractivity contribution in [2.24, 2.45) is 0 Å². The van der Waals surface area contributed by atoms with E-state index < -0.39 is 10.8 Å². The van der Waals surface area contributed by atoms with Crippen molar-refractivity contribution in [3.8, 4) is 0 Å². The highest BCUT2D eigenvalue weighted by molar-refractivity contribution is 6.08. The first-order chi connectivity index (χ1) is 9.52. The molecule has 0 fully saturated rings. The molecule has 104 valence electrons. The summed E-state index contributed by atoms with van der Waals surface area (Å²) >= 11 is 0. The highest BCUT2D eigenvalue weighted by Gasteiger charge is 2.21. The van der Waals surface area contributed by atoms with Crippen LogP contribution in [-0.2, 0) is 0 Å². The van der Waals surface area contributed by atoms with Gasteiger partial charge in [-0.3, -0.25) is 20.2 Å². The SMILES string of the molecule is CNc1c(C(=O)Nc2cc(C)no2)cccc1[N+](=O)[O-]. The van der Waals surface area contributed by atoms with E-state index in [9.17, 15) is 14.9 Å². The third-order valence-corrected chi connectivity index (χ3v) is 2.60. The standard InChI is InChI=1S/C12H12N4O4/c1-7-6-10(20-15-7)14-12(17)8-4-3-5-9(16(18)19)11(8)13-2/h3-6,13H,1-2H3,(H,14,17). The van der Waals surface area contributed by atoms with Crippen molar-refractivity contribution >= 4 is 23.2 Å². The number of nitrogens with one attached hydrogen (secondary N) is 2. The number of hydrogen-bond acceptors (Lipinski definition) is 6. The maximum atomic E-state index is 12.1. The van der Waals surface area contributed by atoms with Gasteiger partial charge in [-0.05, 0) is 13.0 Å². The molecule has 1 aromatic heterocycles. The molecule has 0 radical (unpaired) electrons. The van der Waals surface area contributed by atoms with E-state index in [0.29, 0.717) is 5.69 Å². The number of amides is 1. The first kappa shape index (κ1) is 13.5. The maximum absolute atomic E-state index is 12.1. The number of nitro groups is 1. The largest absolute Gasteiger partial charge is 0.382 e. The Balaban J connectivity index is 2.34. The van der Waals surface area contributed by atoms with Crippen LogP contribution >= 0.6 is 0 Å². The Morgan fingerprint density at radius 2 is 2.20 bits per heavy atom. The van der Waals surface area contributed by atoms with E-state index in [2.05, 4.69) is 15.8 Å². The van der Waals surface area contributed by atoms with Crippen LogP contribution in [-0.4, -0.2) is 23.0 Å². The first-order valence-electron chi connectivity index (χ1n) is 5.72. The fourth-order valence-corrected chi connectivity index (χ4v) is 1.75. The third-order valence-electron chi connectivity index (χ3n) is 2.60. The Morgan fingerprint density at radius 1 is 1.45 bits per heavy atom. The second-order valence-corrected chi connectivity index (χ2v) is 3.99. The Kier molecular flexibility index (Phi) is 3.65. The lowest BCUT2D eigenvalue weighted by molar-refractivity contribution is -0.384. The molecule has 0 spiro atoms. The van der Waals surface area contributed by atoms with Crippen LogP contribution in [0.15, 0.2) is 28.8 Å². The fourth-order valence-electron chi connectivity index (χ4n) is 1.75. The number of nitrogens with zero attached hydrogens (tertiary/aromatic N) is 2. The topological polar surface area (TPSA) is 110 Å². The molecular formula is C12H12N4O4. The van der Waals surface area contributed by atoms with E-state index in [4.69, 9.17) is 4.52 Å². The number of nitro benzene ring substituents is 1. The van der Waals surface area contributed by atoms with E-state index in [1.807, 2.05) is 0 Å². The molecule has 2 N–H and O–H groups in total. The van der Waals surface area contributed by atoms with Gasteiger partial charge in [0.2, 0.25) is 5.88 Å². The van der Waals surface area contributed by atoms with Gasteiger partial charge in [-0.2, -0.15) is 0 Å². The molecule has 1 amide bonds. The van der Waals surface area contributed by atoms with E-state index in [1.54, 1.807) is 13.0 Å². The summed E-state index contributed by atoms with van der Waals surface area (Å²) in [6, 6.07) is 5.80. The van der Waals surface area contributed by atoms with Crippen molar-refractivity contribution in [3.05, 3.63) is 45.6 Å². The lowest BCUT2D eigenvalue weighted by Crippen LogP contribution is -2.14.